The molecule has 0 saturated heterocycles. The molecular formula is C18H28N6O. The number of nitrogens with zero attached hydrogens (tertiary/aromatic N) is 4. The van der Waals surface area contributed by atoms with E-state index in [0.717, 1.165) is 62.9 Å². The first-order valence-electron chi connectivity index (χ1n) is 9.12. The predicted molar refractivity (Wildman–Crippen MR) is 97.4 cm³/mol. The molecule has 25 heavy (non-hydrogen) atoms. The number of hydrazine groups is 1. The normalized spacial score (nSPS) is 10.8. The van der Waals surface area contributed by atoms with Crippen molar-refractivity contribution >= 4 is 5.91 Å². The van der Waals surface area contributed by atoms with Crippen molar-refractivity contribution in [1.82, 2.24) is 30.8 Å². The number of pyridine rings is 1. The molecule has 0 bridgehead atoms. The van der Waals surface area contributed by atoms with Gasteiger partial charge in [-0.2, -0.15) is 0 Å². The number of carbonyl (C=O) groups excluding carboxylic acids is 1. The number of unbranched alkanes of at least 4 members (excludes halogenated alkanes) is 4. The summed E-state index contributed by atoms with van der Waals surface area (Å²) in [4.78, 5) is 15.6. The molecule has 0 aliphatic carbocycles. The van der Waals surface area contributed by atoms with Crippen molar-refractivity contribution in [1.29, 1.82) is 0 Å². The molecule has 7 heteroatoms. The topological polar surface area (TPSA) is 84.7 Å². The molecule has 0 spiro atoms. The van der Waals surface area contributed by atoms with Crippen LogP contribution < -0.4 is 10.9 Å². The summed E-state index contributed by atoms with van der Waals surface area (Å²) in [5.74, 6) is 0.0824. The monoisotopic (exact) mass is 344 g/mol. The molecule has 2 rings (SSSR count). The van der Waals surface area contributed by atoms with Crippen molar-refractivity contribution in [3.8, 4) is 11.3 Å². The van der Waals surface area contributed by atoms with Gasteiger partial charge in [0.2, 0.25) is 5.91 Å². The van der Waals surface area contributed by atoms with E-state index in [1.807, 2.05) is 23.0 Å². The van der Waals surface area contributed by atoms with E-state index in [9.17, 15) is 4.79 Å². The zero-order valence-electron chi connectivity index (χ0n) is 14.9. The Hall–Kier alpha value is -2.28. The Morgan fingerprint density at radius 3 is 2.84 bits per heavy atom. The Labute approximate surface area is 149 Å². The third-order valence-electron chi connectivity index (χ3n) is 3.89. The summed E-state index contributed by atoms with van der Waals surface area (Å²) in [6.45, 7) is 3.75. The summed E-state index contributed by atoms with van der Waals surface area (Å²) < 4.78 is 1.88. The average molecular weight is 344 g/mol. The maximum atomic E-state index is 11.5. The van der Waals surface area contributed by atoms with Crippen LogP contribution in [0.4, 0.5) is 0 Å². The van der Waals surface area contributed by atoms with Crippen LogP contribution in [0.1, 0.15) is 51.9 Å². The van der Waals surface area contributed by atoms with E-state index in [-0.39, 0.29) is 5.91 Å². The fourth-order valence-electron chi connectivity index (χ4n) is 2.49. The molecule has 2 aromatic rings. The molecule has 7 nitrogen and oxygen atoms in total. The highest BCUT2D eigenvalue weighted by atomic mass is 16.2. The molecule has 0 atom stereocenters. The lowest BCUT2D eigenvalue weighted by Crippen LogP contribution is -2.37. The molecule has 0 unspecified atom stereocenters. The van der Waals surface area contributed by atoms with Gasteiger partial charge >= 0.3 is 0 Å². The highest BCUT2D eigenvalue weighted by Gasteiger charge is 2.03. The quantitative estimate of drug-likeness (QED) is 0.457. The minimum atomic E-state index is 0.0824. The van der Waals surface area contributed by atoms with E-state index in [1.165, 1.54) is 0 Å². The van der Waals surface area contributed by atoms with Crippen LogP contribution >= 0.6 is 0 Å². The first kappa shape index (κ1) is 19.1. The van der Waals surface area contributed by atoms with Gasteiger partial charge in [-0.25, -0.2) is 5.43 Å². The first-order chi connectivity index (χ1) is 12.3. The van der Waals surface area contributed by atoms with E-state index in [0.29, 0.717) is 6.42 Å². The minimum absolute atomic E-state index is 0.0824. The number of amides is 1. The summed E-state index contributed by atoms with van der Waals surface area (Å²) >= 11 is 0. The number of aryl methyl sites for hydroxylation is 1. The van der Waals surface area contributed by atoms with Crippen molar-refractivity contribution < 1.29 is 4.79 Å². The molecule has 0 saturated carbocycles. The lowest BCUT2D eigenvalue weighted by Gasteiger charge is -2.05. The summed E-state index contributed by atoms with van der Waals surface area (Å²) in [6.07, 6.45) is 12.5. The smallest absolute Gasteiger partial charge is 0.234 e. The van der Waals surface area contributed by atoms with Crippen LogP contribution in [0.15, 0.2) is 30.7 Å². The van der Waals surface area contributed by atoms with Crippen LogP contribution in [-0.4, -0.2) is 32.4 Å². The average Bonchev–Trinajstić information content (AvgIpc) is 3.11. The predicted octanol–water partition coefficient (Wildman–Crippen LogP) is 2.71. The Morgan fingerprint density at radius 1 is 1.20 bits per heavy atom. The van der Waals surface area contributed by atoms with Gasteiger partial charge < -0.3 is 0 Å². The van der Waals surface area contributed by atoms with Gasteiger partial charge in [0.05, 0.1) is 6.20 Å². The van der Waals surface area contributed by atoms with Crippen molar-refractivity contribution in [2.45, 2.75) is 58.4 Å². The van der Waals surface area contributed by atoms with Gasteiger partial charge in [0.1, 0.15) is 5.69 Å². The summed E-state index contributed by atoms with van der Waals surface area (Å²) in [5.41, 5.74) is 7.46. The lowest BCUT2D eigenvalue weighted by molar-refractivity contribution is -0.122. The molecule has 0 aliphatic rings. The molecule has 136 valence electrons. The van der Waals surface area contributed by atoms with Gasteiger partial charge in [0.15, 0.2) is 0 Å². The third kappa shape index (κ3) is 7.43. The summed E-state index contributed by atoms with van der Waals surface area (Å²) in [5, 5.41) is 8.35. The van der Waals surface area contributed by atoms with Crippen molar-refractivity contribution in [3.63, 3.8) is 0 Å². The highest BCUT2D eigenvalue weighted by molar-refractivity contribution is 5.75. The fourth-order valence-corrected chi connectivity index (χ4v) is 2.49. The molecular weight excluding hydrogens is 316 g/mol. The van der Waals surface area contributed by atoms with Crippen LogP contribution in [0.5, 0.6) is 0 Å². The van der Waals surface area contributed by atoms with E-state index >= 15 is 0 Å². The lowest BCUT2D eigenvalue weighted by atomic mass is 10.1. The Bertz CT molecular complexity index is 613. The minimum Gasteiger partial charge on any atom is -0.292 e. The number of aromatic nitrogens is 4. The zero-order chi connectivity index (χ0) is 17.7. The summed E-state index contributed by atoms with van der Waals surface area (Å²) in [6, 6.07) is 3.88. The third-order valence-corrected chi connectivity index (χ3v) is 3.89. The van der Waals surface area contributed by atoms with E-state index in [1.54, 1.807) is 12.4 Å². The van der Waals surface area contributed by atoms with Gasteiger partial charge in [-0.05, 0) is 31.4 Å². The number of rotatable bonds is 12. The molecule has 2 aromatic heterocycles. The van der Waals surface area contributed by atoms with Crippen LogP contribution in [0, 0.1) is 0 Å². The molecule has 1 amide bonds. The molecule has 2 heterocycles. The second-order valence-corrected chi connectivity index (χ2v) is 6.10. The molecule has 0 aromatic carbocycles. The molecule has 0 radical (unpaired) electrons. The second-order valence-electron chi connectivity index (χ2n) is 6.10. The van der Waals surface area contributed by atoms with E-state index in [2.05, 4.69) is 33.1 Å². The standard InChI is InChI=1S/C18H28N6O/c1-2-11-20-22-18(25)10-6-4-3-5-7-13-24-15-17(21-23-24)16-9-8-12-19-14-16/h8-9,12,14-15,20H,2-7,10-11,13H2,1H3,(H,22,25). The first-order valence-corrected chi connectivity index (χ1v) is 9.12. The van der Waals surface area contributed by atoms with Crippen LogP contribution in [0.2, 0.25) is 0 Å². The van der Waals surface area contributed by atoms with Crippen molar-refractivity contribution in [3.05, 3.63) is 30.7 Å². The molecule has 2 N–H and O–H groups in total. The number of carbonyl (C=O) groups is 1. The van der Waals surface area contributed by atoms with Gasteiger partial charge in [-0.1, -0.05) is 31.4 Å². The highest BCUT2D eigenvalue weighted by Crippen LogP contribution is 2.14. The molecule has 0 fully saturated rings. The zero-order valence-corrected chi connectivity index (χ0v) is 14.9. The number of hydrogen-bond donors (Lipinski definition) is 2. The summed E-state index contributed by atoms with van der Waals surface area (Å²) in [7, 11) is 0. The van der Waals surface area contributed by atoms with E-state index in [4.69, 9.17) is 0 Å². The number of nitrogens with one attached hydrogen (secondary N) is 2. The van der Waals surface area contributed by atoms with Gasteiger partial charge in [-0.3, -0.25) is 19.9 Å². The largest absolute Gasteiger partial charge is 0.292 e. The number of hydrogen-bond acceptors (Lipinski definition) is 5. The van der Waals surface area contributed by atoms with Gasteiger partial charge in [0.25, 0.3) is 0 Å². The maximum absolute atomic E-state index is 11.5. The van der Waals surface area contributed by atoms with Gasteiger partial charge in [0, 0.05) is 37.5 Å². The second kappa shape index (κ2) is 11.3. The van der Waals surface area contributed by atoms with Crippen molar-refractivity contribution in [2.75, 3.05) is 6.54 Å². The molecule has 0 aliphatic heterocycles. The van der Waals surface area contributed by atoms with Crippen molar-refractivity contribution in [2.24, 2.45) is 0 Å². The fraction of sp³-hybridized carbons (Fsp3) is 0.556. The Kier molecular flexibility index (Phi) is 8.61. The van der Waals surface area contributed by atoms with E-state index < -0.39 is 0 Å². The Morgan fingerprint density at radius 2 is 2.04 bits per heavy atom. The maximum Gasteiger partial charge on any atom is 0.234 e. The van der Waals surface area contributed by atoms with Gasteiger partial charge in [-0.15, -0.1) is 5.10 Å². The van der Waals surface area contributed by atoms with Crippen LogP contribution in [-0.2, 0) is 11.3 Å². The Balaban J connectivity index is 1.52. The van der Waals surface area contributed by atoms with Crippen LogP contribution in [0.3, 0.4) is 0 Å². The SMILES string of the molecule is CCCNNC(=O)CCCCCCCn1cc(-c2cccnc2)nn1. The van der Waals surface area contributed by atoms with Crippen LogP contribution in [0.25, 0.3) is 11.3 Å².